The van der Waals surface area contributed by atoms with Gasteiger partial charge in [-0.05, 0) is 61.3 Å². The monoisotopic (exact) mass is 419 g/mol. The molecule has 10 heteroatoms. The molecule has 0 saturated heterocycles. The maximum absolute atomic E-state index is 14.6. The van der Waals surface area contributed by atoms with Crippen LogP contribution in [-0.4, -0.2) is 26.1 Å². The summed E-state index contributed by atoms with van der Waals surface area (Å²) in [6.07, 6.45) is 5.64. The van der Waals surface area contributed by atoms with Gasteiger partial charge in [0.1, 0.15) is 10.7 Å². The number of hydrogen-bond donors (Lipinski definition) is 2. The highest BCUT2D eigenvalue weighted by Gasteiger charge is 2.32. The Balaban J connectivity index is 1.48. The predicted octanol–water partition coefficient (Wildman–Crippen LogP) is 2.71. The third kappa shape index (κ3) is 2.93. The molecule has 2 atom stereocenters. The van der Waals surface area contributed by atoms with Crippen LogP contribution in [0.25, 0.3) is 0 Å². The smallest absolute Gasteiger partial charge is 0.354 e. The van der Waals surface area contributed by atoms with Crippen LogP contribution in [0, 0.1) is 5.82 Å². The van der Waals surface area contributed by atoms with Gasteiger partial charge in [0, 0.05) is 18.7 Å². The van der Waals surface area contributed by atoms with Crippen molar-refractivity contribution in [1.29, 1.82) is 0 Å². The van der Waals surface area contributed by atoms with E-state index in [-0.39, 0.29) is 16.8 Å². The Labute approximate surface area is 167 Å². The van der Waals surface area contributed by atoms with Gasteiger partial charge in [0.15, 0.2) is 9.92 Å². The van der Waals surface area contributed by atoms with Gasteiger partial charge in [-0.1, -0.05) is 0 Å². The van der Waals surface area contributed by atoms with E-state index in [4.69, 9.17) is 9.88 Å². The van der Waals surface area contributed by atoms with E-state index in [1.165, 1.54) is 6.20 Å². The van der Waals surface area contributed by atoms with Crippen molar-refractivity contribution >= 4 is 21.6 Å². The van der Waals surface area contributed by atoms with E-state index in [1.807, 2.05) is 6.92 Å². The van der Waals surface area contributed by atoms with Crippen molar-refractivity contribution in [1.82, 2.24) is 9.78 Å². The summed E-state index contributed by atoms with van der Waals surface area (Å²) < 4.78 is 38.6. The Morgan fingerprint density at radius 3 is 2.76 bits per heavy atom. The Morgan fingerprint density at radius 1 is 1.31 bits per heavy atom. The Morgan fingerprint density at radius 2 is 2.00 bits per heavy atom. The average molecular weight is 419 g/mol. The van der Waals surface area contributed by atoms with Crippen LogP contribution in [0.15, 0.2) is 15.5 Å². The van der Waals surface area contributed by atoms with Crippen LogP contribution in [0.4, 0.5) is 14.9 Å². The number of ether oxygens (including phenoxy) is 1. The number of rotatable bonds is 2. The van der Waals surface area contributed by atoms with Gasteiger partial charge >= 0.3 is 6.03 Å². The second-order valence-corrected chi connectivity index (χ2v) is 9.56. The Hall–Kier alpha value is -2.46. The second kappa shape index (κ2) is 6.53. The van der Waals surface area contributed by atoms with E-state index in [0.29, 0.717) is 54.9 Å². The van der Waals surface area contributed by atoms with Gasteiger partial charge in [-0.3, -0.25) is 0 Å². The van der Waals surface area contributed by atoms with Gasteiger partial charge in [-0.25, -0.2) is 23.2 Å². The highest BCUT2D eigenvalue weighted by molar-refractivity contribution is 7.91. The van der Waals surface area contributed by atoms with Gasteiger partial charge in [-0.2, -0.15) is 5.10 Å². The van der Waals surface area contributed by atoms with Crippen LogP contribution in [0.5, 0.6) is 5.88 Å². The molecule has 1 aromatic carbocycles. The summed E-state index contributed by atoms with van der Waals surface area (Å²) in [4.78, 5) is 12.7. The largest absolute Gasteiger partial charge is 0.474 e. The summed E-state index contributed by atoms with van der Waals surface area (Å²) in [7, 11) is -3.55. The van der Waals surface area contributed by atoms with Crippen molar-refractivity contribution in [2.75, 3.05) is 5.32 Å². The molecule has 0 bridgehead atoms. The first kappa shape index (κ1) is 18.6. The summed E-state index contributed by atoms with van der Waals surface area (Å²) in [6.45, 7) is 2.52. The van der Waals surface area contributed by atoms with E-state index in [1.54, 1.807) is 4.68 Å². The zero-order valence-corrected chi connectivity index (χ0v) is 16.9. The third-order valence-electron chi connectivity index (χ3n) is 5.93. The van der Waals surface area contributed by atoms with Crippen molar-refractivity contribution < 1.29 is 18.1 Å². The molecule has 2 aliphatic carbocycles. The van der Waals surface area contributed by atoms with Crippen molar-refractivity contribution in [3.8, 4) is 5.88 Å². The molecule has 5 rings (SSSR count). The number of nitrogens with one attached hydrogen (secondary N) is 1. The fraction of sp³-hybridized carbons (Fsp3) is 0.474. The van der Waals surface area contributed by atoms with Crippen molar-refractivity contribution in [3.63, 3.8) is 0 Å². The number of carbonyl (C=O) groups excluding carboxylic acids is 1. The van der Waals surface area contributed by atoms with Crippen molar-refractivity contribution in [2.24, 2.45) is 9.50 Å². The minimum atomic E-state index is -3.55. The van der Waals surface area contributed by atoms with Gasteiger partial charge in [0.2, 0.25) is 5.88 Å². The van der Waals surface area contributed by atoms with Crippen LogP contribution in [0.1, 0.15) is 42.0 Å². The summed E-state index contributed by atoms with van der Waals surface area (Å²) >= 11 is 0. The summed E-state index contributed by atoms with van der Waals surface area (Å²) in [5.74, 6) is 0.161. The van der Waals surface area contributed by atoms with Gasteiger partial charge in [-0.15, -0.1) is 4.36 Å². The minimum Gasteiger partial charge on any atom is -0.474 e. The van der Waals surface area contributed by atoms with Crippen LogP contribution in [-0.2, 0) is 42.1 Å². The fourth-order valence-electron chi connectivity index (χ4n) is 4.36. The molecule has 3 aliphatic rings. The van der Waals surface area contributed by atoms with Gasteiger partial charge in [0.05, 0.1) is 12.3 Å². The molecule has 8 nitrogen and oxygen atoms in total. The lowest BCUT2D eigenvalue weighted by Crippen LogP contribution is -2.26. The molecular formula is C19H22FN5O3S. The maximum atomic E-state index is 14.6. The lowest BCUT2D eigenvalue weighted by molar-refractivity contribution is 0.144. The Kier molecular flexibility index (Phi) is 4.18. The minimum absolute atomic E-state index is 0.0670. The summed E-state index contributed by atoms with van der Waals surface area (Å²) in [6, 6.07) is -0.809. The summed E-state index contributed by atoms with van der Waals surface area (Å²) in [5.41, 5.74) is 3.61. The van der Waals surface area contributed by atoms with Gasteiger partial charge in [0.25, 0.3) is 0 Å². The zero-order valence-electron chi connectivity index (χ0n) is 16.0. The molecule has 29 heavy (non-hydrogen) atoms. The standard InChI is InChI=1S/C19H22FN5O3S/c1-10-7-8-25-18(28-10)15(9-22-25)29(21,27)24-19(26)23-17-13-4-2-3-11(13)16(20)12-5-6-14(12)17/h9-10H,2-8H2,1H3,(H3,21,23,24,26,27). The van der Waals surface area contributed by atoms with Crippen LogP contribution in [0.2, 0.25) is 0 Å². The van der Waals surface area contributed by atoms with E-state index >= 15 is 0 Å². The number of halogens is 1. The molecule has 0 radical (unpaired) electrons. The highest BCUT2D eigenvalue weighted by Crippen LogP contribution is 2.42. The number of hydrogen-bond acceptors (Lipinski definition) is 4. The topological polar surface area (TPSA) is 112 Å². The molecule has 0 saturated carbocycles. The quantitative estimate of drug-likeness (QED) is 0.779. The van der Waals surface area contributed by atoms with E-state index in [2.05, 4.69) is 14.8 Å². The highest BCUT2D eigenvalue weighted by atomic mass is 32.2. The van der Waals surface area contributed by atoms with E-state index in [0.717, 1.165) is 24.0 Å². The molecule has 2 aromatic rings. The molecule has 0 fully saturated rings. The maximum Gasteiger partial charge on any atom is 0.354 e. The van der Waals surface area contributed by atoms with E-state index in [9.17, 15) is 13.4 Å². The first-order valence-electron chi connectivity index (χ1n) is 9.78. The molecule has 2 amide bonds. The lowest BCUT2D eigenvalue weighted by atomic mass is 9.83. The lowest BCUT2D eigenvalue weighted by Gasteiger charge is -2.26. The number of benzene rings is 1. The molecule has 3 N–H and O–H groups in total. The number of nitrogens with two attached hydrogens (primary N) is 1. The predicted molar refractivity (Wildman–Crippen MR) is 105 cm³/mol. The van der Waals surface area contributed by atoms with Crippen molar-refractivity contribution in [2.45, 2.75) is 63.0 Å². The molecule has 0 spiro atoms. The van der Waals surface area contributed by atoms with Crippen molar-refractivity contribution in [3.05, 3.63) is 34.3 Å². The number of aromatic nitrogens is 2. The second-order valence-electron chi connectivity index (χ2n) is 7.80. The molecule has 2 unspecified atom stereocenters. The SMILES string of the molecule is CC1CCn2ncc(S(N)(=O)=NC(=O)Nc3c4c(c(F)c5c3CC5)CCC4)c2O1. The first-order chi connectivity index (χ1) is 13.8. The Bertz CT molecular complexity index is 1170. The zero-order chi connectivity index (χ0) is 20.3. The number of fused-ring (bicyclic) bond motifs is 3. The third-order valence-corrected chi connectivity index (χ3v) is 7.27. The first-order valence-corrected chi connectivity index (χ1v) is 11.4. The molecule has 154 valence electrons. The number of nitrogens with zero attached hydrogens (tertiary/aromatic N) is 3. The summed E-state index contributed by atoms with van der Waals surface area (Å²) in [5, 5.41) is 12.8. The number of amides is 2. The number of anilines is 1. The normalized spacial score (nSPS) is 21.1. The average Bonchev–Trinajstić information content (AvgIpc) is 3.25. The molecule has 1 aliphatic heterocycles. The van der Waals surface area contributed by atoms with Crippen LogP contribution in [0.3, 0.4) is 0 Å². The van der Waals surface area contributed by atoms with E-state index < -0.39 is 15.9 Å². The molecule has 2 heterocycles. The molecule has 1 aromatic heterocycles. The van der Waals surface area contributed by atoms with Gasteiger partial charge < -0.3 is 10.1 Å². The number of aryl methyl sites for hydroxylation is 1. The van der Waals surface area contributed by atoms with Crippen LogP contribution >= 0.6 is 0 Å². The fourth-order valence-corrected chi connectivity index (χ4v) is 5.35. The molecular weight excluding hydrogens is 397 g/mol. The van der Waals surface area contributed by atoms with Crippen LogP contribution < -0.4 is 15.2 Å². The number of carbonyl (C=O) groups is 1. The number of urea groups is 1.